The molecule has 0 N–H and O–H groups in total. The van der Waals surface area contributed by atoms with Crippen molar-refractivity contribution in [1.82, 2.24) is 14.8 Å². The van der Waals surface area contributed by atoms with E-state index in [9.17, 15) is 0 Å². The van der Waals surface area contributed by atoms with Crippen molar-refractivity contribution in [2.75, 3.05) is 0 Å². The van der Waals surface area contributed by atoms with Gasteiger partial charge in [0.25, 0.3) is 0 Å². The molecule has 8 bridgehead atoms. The van der Waals surface area contributed by atoms with Crippen molar-refractivity contribution in [3.8, 4) is 0 Å². The Morgan fingerprint density at radius 3 is 2.04 bits per heavy atom. The van der Waals surface area contributed by atoms with Gasteiger partial charge in [0.15, 0.2) is 0 Å². The molecule has 2 unspecified atom stereocenters. The first kappa shape index (κ1) is 12.0. The molecular weight excluding hydrogens is 282 g/mol. The van der Waals surface area contributed by atoms with Gasteiger partial charge in [-0.2, -0.15) is 0 Å². The van der Waals surface area contributed by atoms with Crippen LogP contribution in [0, 0.1) is 29.6 Å². The normalized spacial score (nSPS) is 53.3. The van der Waals surface area contributed by atoms with Gasteiger partial charge < -0.3 is 4.57 Å². The summed E-state index contributed by atoms with van der Waals surface area (Å²) in [5.41, 5.74) is 0.356. The fraction of sp³-hybridized carbons (Fsp3) is 0.700. The minimum absolute atomic E-state index is 0.356. The second-order valence-electron chi connectivity index (χ2n) is 9.39. The summed E-state index contributed by atoms with van der Waals surface area (Å²) in [4.78, 5) is 0. The third-order valence-corrected chi connectivity index (χ3v) is 8.02. The van der Waals surface area contributed by atoms with Crippen LogP contribution in [0.5, 0.6) is 0 Å². The van der Waals surface area contributed by atoms with Crippen LogP contribution in [-0.4, -0.2) is 14.8 Å². The lowest BCUT2D eigenvalue weighted by Crippen LogP contribution is -2.50. The Hall–Kier alpha value is -1.38. The van der Waals surface area contributed by atoms with Gasteiger partial charge in [0.1, 0.15) is 11.6 Å². The van der Waals surface area contributed by atoms with E-state index in [0.717, 1.165) is 17.8 Å². The van der Waals surface area contributed by atoms with E-state index in [2.05, 4.69) is 28.9 Å². The van der Waals surface area contributed by atoms with Gasteiger partial charge in [0.05, 0.1) is 6.04 Å². The molecule has 3 heteroatoms. The first-order valence-electron chi connectivity index (χ1n) is 9.63. The molecule has 3 nitrogen and oxygen atoms in total. The minimum atomic E-state index is 0.356. The number of rotatable bonds is 1. The summed E-state index contributed by atoms with van der Waals surface area (Å²) in [5, 5.41) is 9.64. The van der Waals surface area contributed by atoms with E-state index in [4.69, 9.17) is 10.2 Å². The number of nitrogens with zero attached hydrogens (tertiary/aromatic N) is 3. The highest BCUT2D eigenvalue weighted by molar-refractivity contribution is 5.37. The highest BCUT2D eigenvalue weighted by Crippen LogP contribution is 2.63. The number of hydrogen-bond acceptors (Lipinski definition) is 2. The molecule has 9 rings (SSSR count). The molecule has 8 aliphatic rings. The first-order chi connectivity index (χ1) is 11.3. The maximum Gasteiger partial charge on any atom is 0.140 e. The summed E-state index contributed by atoms with van der Waals surface area (Å²) in [6.07, 6.45) is 18.4. The van der Waals surface area contributed by atoms with Crippen molar-refractivity contribution in [2.45, 2.75) is 55.9 Å². The number of aromatic nitrogens is 3. The summed E-state index contributed by atoms with van der Waals surface area (Å²) >= 11 is 0. The van der Waals surface area contributed by atoms with Crippen molar-refractivity contribution in [2.24, 2.45) is 29.6 Å². The summed E-state index contributed by atoms with van der Waals surface area (Å²) in [6, 6.07) is 0.378. The lowest BCUT2D eigenvalue weighted by Gasteiger charge is -2.56. The van der Waals surface area contributed by atoms with Crippen LogP contribution >= 0.6 is 0 Å². The molecule has 3 heterocycles. The quantitative estimate of drug-likeness (QED) is 0.740. The second-order valence-corrected chi connectivity index (χ2v) is 9.39. The monoisotopic (exact) mass is 305 g/mol. The van der Waals surface area contributed by atoms with Crippen molar-refractivity contribution in [3.05, 3.63) is 36.0 Å². The Morgan fingerprint density at radius 2 is 1.43 bits per heavy atom. The van der Waals surface area contributed by atoms with Crippen LogP contribution in [0.4, 0.5) is 0 Å². The van der Waals surface area contributed by atoms with E-state index < -0.39 is 0 Å². The lowest BCUT2D eigenvalue weighted by molar-refractivity contribution is -0.0113. The molecule has 0 spiro atoms. The van der Waals surface area contributed by atoms with E-state index in [1.54, 1.807) is 0 Å². The maximum absolute atomic E-state index is 4.87. The molecule has 5 fully saturated rings. The zero-order valence-corrected chi connectivity index (χ0v) is 13.4. The minimum Gasteiger partial charge on any atom is -0.304 e. The predicted molar refractivity (Wildman–Crippen MR) is 86.9 cm³/mol. The van der Waals surface area contributed by atoms with E-state index >= 15 is 0 Å². The zero-order valence-electron chi connectivity index (χ0n) is 13.4. The molecule has 0 aromatic carbocycles. The Labute approximate surface area is 136 Å². The Morgan fingerprint density at radius 1 is 0.826 bits per heavy atom. The maximum atomic E-state index is 4.87. The molecule has 0 saturated heterocycles. The average molecular weight is 305 g/mol. The SMILES string of the molecule is C1=CC2C=CC3C1C3c1nnc(C34CC5CC(CC(C5)C3)C4)n12. The molecule has 0 amide bonds. The molecule has 1 aromatic rings. The summed E-state index contributed by atoms with van der Waals surface area (Å²) in [5.74, 6) is 7.58. The summed E-state index contributed by atoms with van der Waals surface area (Å²) < 4.78 is 2.57. The smallest absolute Gasteiger partial charge is 0.140 e. The van der Waals surface area contributed by atoms with Gasteiger partial charge >= 0.3 is 0 Å². The van der Waals surface area contributed by atoms with E-state index in [1.807, 2.05) is 0 Å². The fourth-order valence-electron chi connectivity index (χ4n) is 7.49. The van der Waals surface area contributed by atoms with Crippen molar-refractivity contribution in [3.63, 3.8) is 0 Å². The Balaban J connectivity index is 1.42. The average Bonchev–Trinajstić information content (AvgIpc) is 3.16. The Bertz CT molecular complexity index is 715. The predicted octanol–water partition coefficient (Wildman–Crippen LogP) is 3.76. The molecule has 0 radical (unpaired) electrons. The van der Waals surface area contributed by atoms with Crippen LogP contribution in [0.1, 0.15) is 62.1 Å². The van der Waals surface area contributed by atoms with Crippen LogP contribution in [0.25, 0.3) is 0 Å². The summed E-state index contributed by atoms with van der Waals surface area (Å²) in [7, 11) is 0. The van der Waals surface area contributed by atoms with Crippen molar-refractivity contribution < 1.29 is 0 Å². The second kappa shape index (κ2) is 3.65. The van der Waals surface area contributed by atoms with Gasteiger partial charge in [-0.15, -0.1) is 10.2 Å². The standard InChI is InChI=1S/C20H23N3/c1-3-15-16-4-2-14(1)23-18(17(15)16)21-22-19(23)20-8-11-5-12(9-20)7-13(6-11)10-20/h1-4,11-17H,5-10H2. The van der Waals surface area contributed by atoms with Gasteiger partial charge in [-0.25, -0.2) is 0 Å². The molecule has 2 atom stereocenters. The fourth-order valence-corrected chi connectivity index (χ4v) is 7.49. The molecule has 118 valence electrons. The highest BCUT2D eigenvalue weighted by Gasteiger charge is 2.57. The third-order valence-electron chi connectivity index (χ3n) is 8.02. The first-order valence-corrected chi connectivity index (χ1v) is 9.63. The molecule has 2 aliphatic heterocycles. The molecule has 1 aromatic heterocycles. The molecule has 23 heavy (non-hydrogen) atoms. The highest BCUT2D eigenvalue weighted by atomic mass is 15.3. The van der Waals surface area contributed by atoms with E-state index in [1.165, 1.54) is 50.2 Å². The number of allylic oxidation sites excluding steroid dienone is 4. The van der Waals surface area contributed by atoms with Gasteiger partial charge in [-0.3, -0.25) is 0 Å². The van der Waals surface area contributed by atoms with E-state index in [-0.39, 0.29) is 0 Å². The zero-order chi connectivity index (χ0) is 14.8. The lowest BCUT2D eigenvalue weighted by atomic mass is 9.49. The van der Waals surface area contributed by atoms with Crippen LogP contribution in [0.3, 0.4) is 0 Å². The van der Waals surface area contributed by atoms with Gasteiger partial charge in [-0.05, 0) is 68.1 Å². The van der Waals surface area contributed by atoms with Gasteiger partial charge in [0.2, 0.25) is 0 Å². The molecule has 5 saturated carbocycles. The molecule has 6 aliphatic carbocycles. The van der Waals surface area contributed by atoms with Crippen LogP contribution in [-0.2, 0) is 5.41 Å². The van der Waals surface area contributed by atoms with Crippen molar-refractivity contribution in [1.29, 1.82) is 0 Å². The third kappa shape index (κ3) is 1.36. The van der Waals surface area contributed by atoms with Crippen LogP contribution in [0.15, 0.2) is 24.3 Å². The number of hydrogen-bond donors (Lipinski definition) is 0. The van der Waals surface area contributed by atoms with E-state index in [0.29, 0.717) is 29.2 Å². The van der Waals surface area contributed by atoms with Gasteiger partial charge in [0, 0.05) is 11.3 Å². The topological polar surface area (TPSA) is 30.7 Å². The molecular formula is C20H23N3. The largest absolute Gasteiger partial charge is 0.304 e. The van der Waals surface area contributed by atoms with Crippen molar-refractivity contribution >= 4 is 0 Å². The van der Waals surface area contributed by atoms with Gasteiger partial charge in [-0.1, -0.05) is 24.3 Å². The Kier molecular flexibility index (Phi) is 1.91. The summed E-state index contributed by atoms with van der Waals surface area (Å²) in [6.45, 7) is 0. The van der Waals surface area contributed by atoms with Crippen LogP contribution in [0.2, 0.25) is 0 Å². The van der Waals surface area contributed by atoms with Crippen LogP contribution < -0.4 is 0 Å².